The van der Waals surface area contributed by atoms with E-state index in [0.717, 1.165) is 51.5 Å². The molecule has 1 N–H and O–H groups in total. The number of benzene rings is 2. The maximum Gasteiger partial charge on any atom is 0.146 e. The number of hydrogen-bond acceptors (Lipinski definition) is 3. The number of hydrogen-bond donors (Lipinski definition) is 1. The van der Waals surface area contributed by atoms with E-state index in [1.807, 2.05) is 24.3 Å². The van der Waals surface area contributed by atoms with E-state index < -0.39 is 11.6 Å². The number of para-hydroxylation sites is 1. The molecule has 4 rings (SSSR count). The Hall–Kier alpha value is -2.14. The molecule has 2 aromatic carbocycles. The van der Waals surface area contributed by atoms with E-state index in [2.05, 4.69) is 10.3 Å². The van der Waals surface area contributed by atoms with Crippen LogP contribution in [0.2, 0.25) is 0 Å². The molecule has 0 saturated heterocycles. The van der Waals surface area contributed by atoms with E-state index in [9.17, 15) is 8.78 Å². The minimum Gasteiger partial charge on any atom is -0.352 e. The van der Waals surface area contributed by atoms with Crippen molar-refractivity contribution in [3.63, 3.8) is 0 Å². The molecule has 0 amide bonds. The molecule has 3 aromatic rings. The molecule has 5 heteroatoms. The van der Waals surface area contributed by atoms with Crippen molar-refractivity contribution in [3.05, 3.63) is 65.4 Å². The Morgan fingerprint density at radius 1 is 1.05 bits per heavy atom. The molecule has 1 aliphatic heterocycles. The predicted molar refractivity (Wildman–Crippen MR) is 86.4 cm³/mol. The van der Waals surface area contributed by atoms with Gasteiger partial charge in [-0.1, -0.05) is 18.2 Å². The van der Waals surface area contributed by atoms with Crippen LogP contribution in [0.3, 0.4) is 0 Å². The van der Waals surface area contributed by atoms with Crippen molar-refractivity contribution in [1.29, 1.82) is 0 Å². The average molecular weight is 314 g/mol. The second-order valence-electron chi connectivity index (χ2n) is 5.17. The number of nitrogens with zero attached hydrogens (tertiary/aromatic N) is 1. The molecule has 22 heavy (non-hydrogen) atoms. The molecule has 0 bridgehead atoms. The van der Waals surface area contributed by atoms with E-state index in [4.69, 9.17) is 0 Å². The lowest BCUT2D eigenvalue weighted by Crippen LogP contribution is -2.01. The first kappa shape index (κ1) is 13.5. The van der Waals surface area contributed by atoms with Crippen LogP contribution in [-0.4, -0.2) is 4.98 Å². The first-order valence-corrected chi connectivity index (χ1v) is 8.08. The van der Waals surface area contributed by atoms with Crippen LogP contribution >= 0.6 is 11.8 Å². The molecular formula is C17H12F2N2S. The second kappa shape index (κ2) is 5.25. The number of anilines is 2. The van der Waals surface area contributed by atoms with Gasteiger partial charge in [0.1, 0.15) is 11.6 Å². The molecule has 0 radical (unpaired) electrons. The number of fused-ring (bicyclic) bond motifs is 2. The normalized spacial score (nSPS) is 13.4. The fraction of sp³-hybridized carbons (Fsp3) is 0.118. The summed E-state index contributed by atoms with van der Waals surface area (Å²) in [7, 11) is 0. The Kier molecular flexibility index (Phi) is 3.22. The van der Waals surface area contributed by atoms with Crippen LogP contribution < -0.4 is 5.32 Å². The van der Waals surface area contributed by atoms with E-state index in [1.54, 1.807) is 11.8 Å². The summed E-state index contributed by atoms with van der Waals surface area (Å²) in [5.74, 6) is 0.738. The highest BCUT2D eigenvalue weighted by Crippen LogP contribution is 2.39. The Morgan fingerprint density at radius 3 is 2.82 bits per heavy atom. The van der Waals surface area contributed by atoms with Gasteiger partial charge in [-0.05, 0) is 18.2 Å². The third kappa shape index (κ3) is 2.22. The van der Waals surface area contributed by atoms with Crippen molar-refractivity contribution < 1.29 is 8.78 Å². The van der Waals surface area contributed by atoms with Crippen LogP contribution in [0.15, 0.2) is 42.5 Å². The molecule has 2 heterocycles. The van der Waals surface area contributed by atoms with Crippen molar-refractivity contribution in [2.45, 2.75) is 11.5 Å². The monoisotopic (exact) mass is 314 g/mol. The average Bonchev–Trinajstić information content (AvgIpc) is 2.98. The Labute approximate surface area is 130 Å². The van der Waals surface area contributed by atoms with Gasteiger partial charge in [-0.3, -0.25) is 4.98 Å². The van der Waals surface area contributed by atoms with Gasteiger partial charge in [0.05, 0.1) is 22.6 Å². The lowest BCUT2D eigenvalue weighted by molar-refractivity contribution is 0.603. The van der Waals surface area contributed by atoms with Crippen molar-refractivity contribution in [3.8, 4) is 0 Å². The highest BCUT2D eigenvalue weighted by atomic mass is 32.2. The molecule has 2 nitrogen and oxygen atoms in total. The van der Waals surface area contributed by atoms with Crippen LogP contribution in [0.5, 0.6) is 0 Å². The third-order valence-corrected chi connectivity index (χ3v) is 4.72. The molecule has 1 aromatic heterocycles. The van der Waals surface area contributed by atoms with Gasteiger partial charge < -0.3 is 5.32 Å². The summed E-state index contributed by atoms with van der Waals surface area (Å²) < 4.78 is 27.4. The molecule has 0 unspecified atom stereocenters. The zero-order valence-electron chi connectivity index (χ0n) is 11.6. The summed E-state index contributed by atoms with van der Waals surface area (Å²) in [6, 6.07) is 11.2. The van der Waals surface area contributed by atoms with E-state index in [0.29, 0.717) is 0 Å². The highest BCUT2D eigenvalue weighted by Gasteiger charge is 2.20. The maximum absolute atomic E-state index is 14.0. The standard InChI is InChI=1S/C17H12F2N2S/c18-10-5-6-13(19)15(7-10)21-17-11-3-1-2-4-14(11)20-16-9-22-8-12(16)17/h1-7H,8-9H2,(H,20,21). The predicted octanol–water partition coefficient (Wildman–Crippen LogP) is 5.00. The van der Waals surface area contributed by atoms with Gasteiger partial charge in [-0.2, -0.15) is 11.8 Å². The summed E-state index contributed by atoms with van der Waals surface area (Å²) in [5.41, 5.74) is 3.93. The maximum atomic E-state index is 14.0. The van der Waals surface area contributed by atoms with Crippen molar-refractivity contribution >= 4 is 34.0 Å². The quantitative estimate of drug-likeness (QED) is 0.720. The summed E-state index contributed by atoms with van der Waals surface area (Å²) >= 11 is 1.78. The van der Waals surface area contributed by atoms with Crippen LogP contribution in [0.1, 0.15) is 11.3 Å². The lowest BCUT2D eigenvalue weighted by Gasteiger charge is -2.15. The molecule has 0 spiro atoms. The van der Waals surface area contributed by atoms with Gasteiger partial charge in [-0.25, -0.2) is 8.78 Å². The van der Waals surface area contributed by atoms with Gasteiger partial charge in [0.2, 0.25) is 0 Å². The van der Waals surface area contributed by atoms with Gasteiger partial charge in [0, 0.05) is 28.5 Å². The fourth-order valence-corrected chi connectivity index (χ4v) is 3.75. The zero-order valence-corrected chi connectivity index (χ0v) is 12.4. The van der Waals surface area contributed by atoms with Crippen molar-refractivity contribution in [2.24, 2.45) is 0 Å². The van der Waals surface area contributed by atoms with Gasteiger partial charge in [-0.15, -0.1) is 0 Å². The van der Waals surface area contributed by atoms with E-state index in [1.165, 1.54) is 6.07 Å². The third-order valence-electron chi connectivity index (χ3n) is 3.75. The number of thioether (sulfide) groups is 1. The van der Waals surface area contributed by atoms with Crippen molar-refractivity contribution in [1.82, 2.24) is 4.98 Å². The summed E-state index contributed by atoms with van der Waals surface area (Å²) in [6.45, 7) is 0. The first-order chi connectivity index (χ1) is 10.7. The summed E-state index contributed by atoms with van der Waals surface area (Å²) in [6.07, 6.45) is 0. The second-order valence-corrected chi connectivity index (χ2v) is 6.16. The number of pyridine rings is 1. The Bertz CT molecular complexity index is 880. The molecule has 0 aliphatic carbocycles. The summed E-state index contributed by atoms with van der Waals surface area (Å²) in [5, 5.41) is 4.01. The van der Waals surface area contributed by atoms with Crippen LogP contribution in [0.25, 0.3) is 10.9 Å². The minimum absolute atomic E-state index is 0.149. The number of nitrogens with one attached hydrogen (secondary N) is 1. The highest BCUT2D eigenvalue weighted by molar-refractivity contribution is 7.98. The molecule has 1 aliphatic rings. The molecule has 0 atom stereocenters. The smallest absolute Gasteiger partial charge is 0.146 e. The number of aromatic nitrogens is 1. The fourth-order valence-electron chi connectivity index (χ4n) is 2.70. The van der Waals surface area contributed by atoms with E-state index >= 15 is 0 Å². The van der Waals surface area contributed by atoms with Crippen molar-refractivity contribution in [2.75, 3.05) is 5.32 Å². The van der Waals surface area contributed by atoms with Gasteiger partial charge >= 0.3 is 0 Å². The van der Waals surface area contributed by atoms with E-state index in [-0.39, 0.29) is 5.69 Å². The van der Waals surface area contributed by atoms with Gasteiger partial charge in [0.15, 0.2) is 0 Å². The lowest BCUT2D eigenvalue weighted by atomic mass is 10.1. The molecular weight excluding hydrogens is 302 g/mol. The Morgan fingerprint density at radius 2 is 1.91 bits per heavy atom. The topological polar surface area (TPSA) is 24.9 Å². The molecule has 0 saturated carbocycles. The largest absolute Gasteiger partial charge is 0.352 e. The molecule has 110 valence electrons. The first-order valence-electron chi connectivity index (χ1n) is 6.93. The van der Waals surface area contributed by atoms with Crippen LogP contribution in [0, 0.1) is 11.6 Å². The minimum atomic E-state index is -0.471. The summed E-state index contributed by atoms with van der Waals surface area (Å²) in [4.78, 5) is 4.67. The zero-order chi connectivity index (χ0) is 15.1. The SMILES string of the molecule is Fc1ccc(F)c(Nc2c3c(nc4ccccc24)CSC3)c1. The Balaban J connectivity index is 1.92. The molecule has 0 fully saturated rings. The van der Waals surface area contributed by atoms with Gasteiger partial charge in [0.25, 0.3) is 0 Å². The van der Waals surface area contributed by atoms with Crippen LogP contribution in [0.4, 0.5) is 20.2 Å². The number of rotatable bonds is 2. The number of halogens is 2. The van der Waals surface area contributed by atoms with Crippen LogP contribution in [-0.2, 0) is 11.5 Å².